The SMILES string of the molecule is c1cc2c(cc1Cc1nnc(C3CCOC3)o1)CCCC2. The van der Waals surface area contributed by atoms with E-state index in [1.165, 1.54) is 42.4 Å². The van der Waals surface area contributed by atoms with Crippen molar-refractivity contribution >= 4 is 0 Å². The zero-order valence-corrected chi connectivity index (χ0v) is 12.2. The Morgan fingerprint density at radius 2 is 2.00 bits per heavy atom. The second kappa shape index (κ2) is 5.60. The van der Waals surface area contributed by atoms with Crippen molar-refractivity contribution in [1.82, 2.24) is 10.2 Å². The van der Waals surface area contributed by atoms with Crippen molar-refractivity contribution in [3.8, 4) is 0 Å². The molecule has 0 radical (unpaired) electrons. The van der Waals surface area contributed by atoms with E-state index < -0.39 is 0 Å². The van der Waals surface area contributed by atoms with Gasteiger partial charge >= 0.3 is 0 Å². The fourth-order valence-corrected chi connectivity index (χ4v) is 3.30. The van der Waals surface area contributed by atoms with Crippen LogP contribution in [0, 0.1) is 0 Å². The Morgan fingerprint density at radius 3 is 2.86 bits per heavy atom. The minimum Gasteiger partial charge on any atom is -0.425 e. The van der Waals surface area contributed by atoms with Crippen molar-refractivity contribution in [3.05, 3.63) is 46.7 Å². The van der Waals surface area contributed by atoms with Gasteiger partial charge in [0, 0.05) is 6.61 Å². The van der Waals surface area contributed by atoms with Crippen LogP contribution < -0.4 is 0 Å². The number of aromatic nitrogens is 2. The Hall–Kier alpha value is -1.68. The largest absolute Gasteiger partial charge is 0.425 e. The maximum absolute atomic E-state index is 5.81. The Morgan fingerprint density at radius 1 is 1.10 bits per heavy atom. The van der Waals surface area contributed by atoms with E-state index in [0.29, 0.717) is 12.5 Å². The molecule has 1 saturated heterocycles. The highest BCUT2D eigenvalue weighted by molar-refractivity contribution is 5.34. The first-order valence-corrected chi connectivity index (χ1v) is 7.89. The lowest BCUT2D eigenvalue weighted by Crippen LogP contribution is -2.03. The summed E-state index contributed by atoms with van der Waals surface area (Å²) >= 11 is 0. The summed E-state index contributed by atoms with van der Waals surface area (Å²) < 4.78 is 11.2. The average Bonchev–Trinajstić information content (AvgIpc) is 3.18. The summed E-state index contributed by atoms with van der Waals surface area (Å²) in [5, 5.41) is 8.38. The number of hydrogen-bond acceptors (Lipinski definition) is 4. The van der Waals surface area contributed by atoms with Crippen molar-refractivity contribution in [2.24, 2.45) is 0 Å². The molecule has 2 aromatic rings. The lowest BCUT2D eigenvalue weighted by molar-refractivity contribution is 0.190. The number of benzene rings is 1. The summed E-state index contributed by atoms with van der Waals surface area (Å²) in [6.45, 7) is 1.51. The highest BCUT2D eigenvalue weighted by Crippen LogP contribution is 2.26. The van der Waals surface area contributed by atoms with Crippen molar-refractivity contribution in [2.75, 3.05) is 13.2 Å². The van der Waals surface area contributed by atoms with Crippen LogP contribution in [0.15, 0.2) is 22.6 Å². The standard InChI is InChI=1S/C17H20N2O2/c1-2-4-14-9-12(5-6-13(14)3-1)10-16-18-19-17(21-16)15-7-8-20-11-15/h5-6,9,15H,1-4,7-8,10-11H2. The molecule has 0 amide bonds. The summed E-state index contributed by atoms with van der Waals surface area (Å²) in [7, 11) is 0. The van der Waals surface area contributed by atoms with Crippen LogP contribution in [0.25, 0.3) is 0 Å². The molecule has 2 aliphatic rings. The smallest absolute Gasteiger partial charge is 0.222 e. The van der Waals surface area contributed by atoms with Gasteiger partial charge in [-0.15, -0.1) is 10.2 Å². The Kier molecular flexibility index (Phi) is 3.47. The third-order valence-electron chi connectivity index (χ3n) is 4.53. The average molecular weight is 284 g/mol. The molecule has 21 heavy (non-hydrogen) atoms. The summed E-state index contributed by atoms with van der Waals surface area (Å²) in [6, 6.07) is 6.79. The van der Waals surface area contributed by atoms with Crippen molar-refractivity contribution in [2.45, 2.75) is 44.4 Å². The van der Waals surface area contributed by atoms with Gasteiger partial charge in [-0.05, 0) is 48.8 Å². The predicted molar refractivity (Wildman–Crippen MR) is 78.4 cm³/mol. The number of hydrogen-bond donors (Lipinski definition) is 0. The van der Waals surface area contributed by atoms with E-state index in [9.17, 15) is 0 Å². The molecule has 2 heterocycles. The molecular formula is C17H20N2O2. The van der Waals surface area contributed by atoms with Gasteiger partial charge in [-0.2, -0.15) is 0 Å². The highest BCUT2D eigenvalue weighted by atomic mass is 16.5. The molecule has 1 aliphatic heterocycles. The van der Waals surface area contributed by atoms with Gasteiger partial charge in [-0.1, -0.05) is 18.2 Å². The van der Waals surface area contributed by atoms with E-state index in [1.807, 2.05) is 0 Å². The zero-order chi connectivity index (χ0) is 14.1. The Bertz CT molecular complexity index is 629. The molecule has 0 N–H and O–H groups in total. The molecule has 1 aromatic carbocycles. The second-order valence-electron chi connectivity index (χ2n) is 6.08. The van der Waals surface area contributed by atoms with Crippen molar-refractivity contribution in [1.29, 1.82) is 0 Å². The first kappa shape index (κ1) is 13.0. The molecule has 4 nitrogen and oxygen atoms in total. The third-order valence-corrected chi connectivity index (χ3v) is 4.53. The van der Waals surface area contributed by atoms with E-state index >= 15 is 0 Å². The zero-order valence-electron chi connectivity index (χ0n) is 12.2. The number of ether oxygens (including phenoxy) is 1. The van der Waals surface area contributed by atoms with Gasteiger partial charge in [0.1, 0.15) is 0 Å². The summed E-state index contributed by atoms with van der Waals surface area (Å²) in [5.74, 6) is 1.74. The normalized spacial score (nSPS) is 21.4. The van der Waals surface area contributed by atoms with E-state index in [0.717, 1.165) is 25.3 Å². The first-order chi connectivity index (χ1) is 10.4. The molecule has 1 aromatic heterocycles. The van der Waals surface area contributed by atoms with Gasteiger partial charge in [0.05, 0.1) is 18.9 Å². The van der Waals surface area contributed by atoms with Gasteiger partial charge in [0.2, 0.25) is 11.8 Å². The van der Waals surface area contributed by atoms with Crippen LogP contribution >= 0.6 is 0 Å². The molecule has 110 valence electrons. The minimum atomic E-state index is 0.287. The molecule has 1 aliphatic carbocycles. The molecule has 1 atom stereocenters. The van der Waals surface area contributed by atoms with Crippen LogP contribution in [0.2, 0.25) is 0 Å². The van der Waals surface area contributed by atoms with Gasteiger partial charge in [0.25, 0.3) is 0 Å². The lowest BCUT2D eigenvalue weighted by Gasteiger charge is -2.16. The maximum atomic E-state index is 5.81. The first-order valence-electron chi connectivity index (χ1n) is 7.89. The fraction of sp³-hybridized carbons (Fsp3) is 0.529. The van der Waals surface area contributed by atoms with Crippen LogP contribution in [0.1, 0.15) is 53.7 Å². The molecule has 4 rings (SSSR count). The molecule has 0 spiro atoms. The maximum Gasteiger partial charge on any atom is 0.222 e. The Labute approximate surface area is 124 Å². The quantitative estimate of drug-likeness (QED) is 0.869. The summed E-state index contributed by atoms with van der Waals surface area (Å²) in [6.07, 6.45) is 6.78. The van der Waals surface area contributed by atoms with E-state index in [-0.39, 0.29) is 5.92 Å². The lowest BCUT2D eigenvalue weighted by atomic mass is 9.90. The highest BCUT2D eigenvalue weighted by Gasteiger charge is 2.23. The van der Waals surface area contributed by atoms with Crippen molar-refractivity contribution in [3.63, 3.8) is 0 Å². The molecule has 1 fully saturated rings. The monoisotopic (exact) mass is 284 g/mol. The fourth-order valence-electron chi connectivity index (χ4n) is 3.30. The van der Waals surface area contributed by atoms with E-state index in [2.05, 4.69) is 28.4 Å². The van der Waals surface area contributed by atoms with Gasteiger partial charge in [-0.3, -0.25) is 0 Å². The number of fused-ring (bicyclic) bond motifs is 1. The minimum absolute atomic E-state index is 0.287. The number of nitrogens with zero attached hydrogens (tertiary/aromatic N) is 2. The molecular weight excluding hydrogens is 264 g/mol. The van der Waals surface area contributed by atoms with Crippen molar-refractivity contribution < 1.29 is 9.15 Å². The Balaban J connectivity index is 1.50. The molecule has 0 saturated carbocycles. The summed E-state index contributed by atoms with van der Waals surface area (Å²) in [5.41, 5.74) is 4.29. The van der Waals surface area contributed by atoms with Gasteiger partial charge in [0.15, 0.2) is 0 Å². The van der Waals surface area contributed by atoms with Crippen LogP contribution in [-0.2, 0) is 24.0 Å². The van der Waals surface area contributed by atoms with E-state index in [4.69, 9.17) is 9.15 Å². The van der Waals surface area contributed by atoms with Gasteiger partial charge < -0.3 is 9.15 Å². The van der Waals surface area contributed by atoms with Crippen LogP contribution in [0.3, 0.4) is 0 Å². The molecule has 1 unspecified atom stereocenters. The number of aryl methyl sites for hydroxylation is 2. The third kappa shape index (κ3) is 2.72. The number of rotatable bonds is 3. The predicted octanol–water partition coefficient (Wildman–Crippen LogP) is 3.04. The van der Waals surface area contributed by atoms with Gasteiger partial charge in [-0.25, -0.2) is 0 Å². The second-order valence-corrected chi connectivity index (χ2v) is 6.08. The topological polar surface area (TPSA) is 48.2 Å². The van der Waals surface area contributed by atoms with Crippen LogP contribution in [0.5, 0.6) is 0 Å². The van der Waals surface area contributed by atoms with Crippen LogP contribution in [-0.4, -0.2) is 23.4 Å². The van der Waals surface area contributed by atoms with Crippen LogP contribution in [0.4, 0.5) is 0 Å². The molecule has 4 heteroatoms. The van der Waals surface area contributed by atoms with E-state index in [1.54, 1.807) is 0 Å². The summed E-state index contributed by atoms with van der Waals surface area (Å²) in [4.78, 5) is 0. The molecule has 0 bridgehead atoms.